The summed E-state index contributed by atoms with van der Waals surface area (Å²) >= 11 is 0. The van der Waals surface area contributed by atoms with E-state index in [2.05, 4.69) is 22.2 Å². The Balaban J connectivity index is 2.36. The van der Waals surface area contributed by atoms with Crippen molar-refractivity contribution in [2.75, 3.05) is 13.7 Å². The Morgan fingerprint density at radius 1 is 1.25 bits per heavy atom. The summed E-state index contributed by atoms with van der Waals surface area (Å²) in [5.74, 6) is -0.127. The molecule has 0 aliphatic rings. The lowest BCUT2D eigenvalue weighted by atomic mass is 10.0. The van der Waals surface area contributed by atoms with Gasteiger partial charge in [-0.1, -0.05) is 13.0 Å². The second kappa shape index (κ2) is 6.96. The van der Waals surface area contributed by atoms with Gasteiger partial charge < -0.3 is 10.1 Å². The molecule has 0 spiro atoms. The average Bonchev–Trinajstić information content (AvgIpc) is 2.50. The highest BCUT2D eigenvalue weighted by Gasteiger charge is 2.16. The van der Waals surface area contributed by atoms with Crippen LogP contribution < -0.4 is 10.1 Å². The van der Waals surface area contributed by atoms with Crippen LogP contribution in [0.15, 0.2) is 36.9 Å². The van der Waals surface area contributed by atoms with E-state index in [9.17, 15) is 4.39 Å². The third kappa shape index (κ3) is 3.30. The Morgan fingerprint density at radius 3 is 2.65 bits per heavy atom. The number of ether oxygens (including phenoxy) is 1. The summed E-state index contributed by atoms with van der Waals surface area (Å²) in [6.45, 7) is 2.94. The van der Waals surface area contributed by atoms with Crippen molar-refractivity contribution in [1.82, 2.24) is 15.3 Å². The number of rotatable bonds is 6. The Hall–Kier alpha value is -2.01. The molecular weight excluding hydrogens is 257 g/mol. The third-order valence-corrected chi connectivity index (χ3v) is 3.02. The van der Waals surface area contributed by atoms with E-state index in [-0.39, 0.29) is 17.6 Å². The van der Waals surface area contributed by atoms with E-state index in [1.54, 1.807) is 24.5 Å². The van der Waals surface area contributed by atoms with Crippen molar-refractivity contribution in [3.05, 3.63) is 53.9 Å². The number of nitrogens with one attached hydrogen (secondary N) is 1. The van der Waals surface area contributed by atoms with E-state index < -0.39 is 0 Å². The van der Waals surface area contributed by atoms with E-state index in [0.717, 1.165) is 24.1 Å². The van der Waals surface area contributed by atoms with Crippen molar-refractivity contribution in [2.45, 2.75) is 19.4 Å². The number of nitrogens with zero attached hydrogens (tertiary/aromatic N) is 2. The minimum atomic E-state index is -0.366. The molecule has 0 bridgehead atoms. The molecule has 0 saturated carbocycles. The molecule has 2 rings (SSSR count). The molecule has 5 heteroatoms. The van der Waals surface area contributed by atoms with Gasteiger partial charge in [0.25, 0.3) is 0 Å². The molecular formula is C15H18FN3O. The zero-order chi connectivity index (χ0) is 14.4. The van der Waals surface area contributed by atoms with Crippen LogP contribution in [-0.2, 0) is 0 Å². The first kappa shape index (κ1) is 14.4. The number of hydrogen-bond acceptors (Lipinski definition) is 4. The molecule has 1 atom stereocenters. The molecule has 0 amide bonds. The maximum atomic E-state index is 13.5. The minimum absolute atomic E-state index is 0.0781. The van der Waals surface area contributed by atoms with E-state index in [0.29, 0.717) is 0 Å². The number of methoxy groups -OCH3 is 1. The fourth-order valence-corrected chi connectivity index (χ4v) is 2.03. The number of hydrogen-bond donors (Lipinski definition) is 1. The molecule has 0 aliphatic heterocycles. The summed E-state index contributed by atoms with van der Waals surface area (Å²) in [4.78, 5) is 8.09. The van der Waals surface area contributed by atoms with Crippen LogP contribution >= 0.6 is 0 Å². The first-order valence-electron chi connectivity index (χ1n) is 6.58. The SMILES string of the molecule is CCCNC(c1cncnc1)c1ccc(F)c(OC)c1. The first-order chi connectivity index (χ1) is 9.76. The van der Waals surface area contributed by atoms with Gasteiger partial charge in [0, 0.05) is 18.0 Å². The fourth-order valence-electron chi connectivity index (χ4n) is 2.03. The van der Waals surface area contributed by atoms with E-state index in [1.165, 1.54) is 19.5 Å². The lowest BCUT2D eigenvalue weighted by molar-refractivity contribution is 0.385. The quantitative estimate of drug-likeness (QED) is 0.880. The van der Waals surface area contributed by atoms with Crippen molar-refractivity contribution in [3.63, 3.8) is 0 Å². The van der Waals surface area contributed by atoms with Crippen LogP contribution in [0.4, 0.5) is 4.39 Å². The molecule has 0 aliphatic carbocycles. The summed E-state index contributed by atoms with van der Waals surface area (Å²) in [5, 5.41) is 3.41. The van der Waals surface area contributed by atoms with Gasteiger partial charge in [-0.05, 0) is 30.7 Å². The van der Waals surface area contributed by atoms with Crippen LogP contribution in [-0.4, -0.2) is 23.6 Å². The van der Waals surface area contributed by atoms with Crippen molar-refractivity contribution in [2.24, 2.45) is 0 Å². The van der Waals surface area contributed by atoms with Crippen molar-refractivity contribution in [1.29, 1.82) is 0 Å². The topological polar surface area (TPSA) is 47.0 Å². The number of halogens is 1. The van der Waals surface area contributed by atoms with Crippen LogP contribution in [0.2, 0.25) is 0 Å². The van der Waals surface area contributed by atoms with Gasteiger partial charge in [-0.25, -0.2) is 14.4 Å². The molecule has 0 fully saturated rings. The van der Waals surface area contributed by atoms with Crippen LogP contribution in [0.25, 0.3) is 0 Å². The molecule has 2 aromatic rings. The highest BCUT2D eigenvalue weighted by Crippen LogP contribution is 2.26. The third-order valence-electron chi connectivity index (χ3n) is 3.02. The molecule has 1 unspecified atom stereocenters. The van der Waals surface area contributed by atoms with Gasteiger partial charge >= 0.3 is 0 Å². The van der Waals surface area contributed by atoms with Gasteiger partial charge in [0.05, 0.1) is 13.2 Å². The molecule has 0 saturated heterocycles. The zero-order valence-corrected chi connectivity index (χ0v) is 11.6. The molecule has 4 nitrogen and oxygen atoms in total. The predicted molar refractivity (Wildman–Crippen MR) is 75.1 cm³/mol. The van der Waals surface area contributed by atoms with Gasteiger partial charge in [-0.2, -0.15) is 0 Å². The van der Waals surface area contributed by atoms with E-state index in [4.69, 9.17) is 4.74 Å². The fraction of sp³-hybridized carbons (Fsp3) is 0.333. The van der Waals surface area contributed by atoms with Gasteiger partial charge in [-0.3, -0.25) is 0 Å². The number of benzene rings is 1. The van der Waals surface area contributed by atoms with Gasteiger partial charge in [0.2, 0.25) is 0 Å². The molecule has 0 radical (unpaired) electrons. The lowest BCUT2D eigenvalue weighted by Crippen LogP contribution is -2.23. The van der Waals surface area contributed by atoms with E-state index >= 15 is 0 Å². The second-order valence-electron chi connectivity index (χ2n) is 4.45. The standard InChI is InChI=1S/C15H18FN3O/c1-3-6-19-15(12-8-17-10-18-9-12)11-4-5-13(16)14(7-11)20-2/h4-5,7-10,15,19H,3,6H2,1-2H3. The van der Waals surface area contributed by atoms with E-state index in [1.807, 2.05) is 0 Å². The van der Waals surface area contributed by atoms with Gasteiger partial charge in [0.1, 0.15) is 6.33 Å². The molecule has 1 N–H and O–H groups in total. The summed E-state index contributed by atoms with van der Waals surface area (Å²) in [6.07, 6.45) is 6.01. The van der Waals surface area contributed by atoms with Crippen LogP contribution in [0.1, 0.15) is 30.5 Å². The zero-order valence-electron chi connectivity index (χ0n) is 11.6. The summed E-state index contributed by atoms with van der Waals surface area (Å²) in [6, 6.07) is 4.79. The maximum absolute atomic E-state index is 13.5. The summed E-state index contributed by atoms with van der Waals surface area (Å²) in [5.41, 5.74) is 1.86. The lowest BCUT2D eigenvalue weighted by Gasteiger charge is -2.19. The van der Waals surface area contributed by atoms with Crippen LogP contribution in [0.5, 0.6) is 5.75 Å². The van der Waals surface area contributed by atoms with Crippen molar-refractivity contribution < 1.29 is 9.13 Å². The van der Waals surface area contributed by atoms with Crippen molar-refractivity contribution in [3.8, 4) is 5.75 Å². The number of aromatic nitrogens is 2. The normalized spacial score (nSPS) is 12.2. The maximum Gasteiger partial charge on any atom is 0.165 e. The largest absolute Gasteiger partial charge is 0.494 e. The monoisotopic (exact) mass is 275 g/mol. The Morgan fingerprint density at radius 2 is 2.00 bits per heavy atom. The minimum Gasteiger partial charge on any atom is -0.494 e. The average molecular weight is 275 g/mol. The van der Waals surface area contributed by atoms with Crippen molar-refractivity contribution >= 4 is 0 Å². The second-order valence-corrected chi connectivity index (χ2v) is 4.45. The molecule has 20 heavy (non-hydrogen) atoms. The molecule has 1 aromatic carbocycles. The van der Waals surface area contributed by atoms with Gasteiger partial charge in [-0.15, -0.1) is 0 Å². The summed E-state index contributed by atoms with van der Waals surface area (Å²) in [7, 11) is 1.46. The highest BCUT2D eigenvalue weighted by molar-refractivity contribution is 5.36. The van der Waals surface area contributed by atoms with Gasteiger partial charge in [0.15, 0.2) is 11.6 Å². The van der Waals surface area contributed by atoms with Crippen LogP contribution in [0.3, 0.4) is 0 Å². The Kier molecular flexibility index (Phi) is 5.01. The van der Waals surface area contributed by atoms with Crippen LogP contribution in [0, 0.1) is 5.82 Å². The predicted octanol–water partition coefficient (Wildman–Crippen LogP) is 2.71. The smallest absolute Gasteiger partial charge is 0.165 e. The highest BCUT2D eigenvalue weighted by atomic mass is 19.1. The summed E-state index contributed by atoms with van der Waals surface area (Å²) < 4.78 is 18.6. The molecule has 1 heterocycles. The Labute approximate surface area is 118 Å². The molecule has 1 aromatic heterocycles. The molecule has 106 valence electrons. The Bertz CT molecular complexity index is 548. The first-order valence-corrected chi connectivity index (χ1v) is 6.58.